The van der Waals surface area contributed by atoms with Crippen LogP contribution in [0.3, 0.4) is 0 Å². The van der Waals surface area contributed by atoms with Gasteiger partial charge in [0.1, 0.15) is 30.5 Å². The molecule has 148 valence electrons. The summed E-state index contributed by atoms with van der Waals surface area (Å²) < 4.78 is 37.4. The molecule has 0 fully saturated rings. The predicted octanol–water partition coefficient (Wildman–Crippen LogP) is 3.83. The molecule has 2 heterocycles. The third kappa shape index (κ3) is 4.23. The molecule has 2 N–H and O–H groups in total. The molecule has 0 atom stereocenters. The lowest BCUT2D eigenvalue weighted by molar-refractivity contribution is 0.102. The molecule has 1 amide bonds. The average molecular weight is 398 g/mol. The van der Waals surface area contributed by atoms with Crippen LogP contribution in [0.5, 0.6) is 11.5 Å². The van der Waals surface area contributed by atoms with Gasteiger partial charge >= 0.3 is 0 Å². The van der Waals surface area contributed by atoms with Crippen molar-refractivity contribution in [1.29, 1.82) is 0 Å². The number of amides is 1. The van der Waals surface area contributed by atoms with Gasteiger partial charge in [0.2, 0.25) is 0 Å². The lowest BCUT2D eigenvalue weighted by atomic mass is 10.2. The van der Waals surface area contributed by atoms with Crippen molar-refractivity contribution in [3.8, 4) is 11.5 Å². The number of rotatable bonds is 4. The van der Waals surface area contributed by atoms with Gasteiger partial charge in [-0.15, -0.1) is 0 Å². The molecule has 0 bridgehead atoms. The van der Waals surface area contributed by atoms with Crippen molar-refractivity contribution in [2.45, 2.75) is 6.92 Å². The van der Waals surface area contributed by atoms with E-state index < -0.39 is 17.5 Å². The van der Waals surface area contributed by atoms with E-state index in [0.717, 1.165) is 12.1 Å². The van der Waals surface area contributed by atoms with Crippen LogP contribution in [0.25, 0.3) is 0 Å². The number of aryl methyl sites for hydroxylation is 1. The largest absolute Gasteiger partial charge is 0.486 e. The van der Waals surface area contributed by atoms with Gasteiger partial charge < -0.3 is 20.1 Å². The fourth-order valence-corrected chi connectivity index (χ4v) is 2.79. The number of hydrogen-bond acceptors (Lipinski definition) is 6. The summed E-state index contributed by atoms with van der Waals surface area (Å²) in [6.07, 6.45) is 0. The van der Waals surface area contributed by atoms with E-state index in [2.05, 4.69) is 20.6 Å². The molecule has 0 saturated heterocycles. The van der Waals surface area contributed by atoms with E-state index in [0.29, 0.717) is 41.9 Å². The highest BCUT2D eigenvalue weighted by Crippen LogP contribution is 2.32. The SMILES string of the molecule is Cc1nc(Nc2ccc(F)c(F)c2)cc(C(=O)Nc2ccc3c(c2)OCCO3)n1. The van der Waals surface area contributed by atoms with Crippen molar-refractivity contribution in [1.82, 2.24) is 9.97 Å². The maximum Gasteiger partial charge on any atom is 0.274 e. The first kappa shape index (κ1) is 18.6. The van der Waals surface area contributed by atoms with E-state index in [1.165, 1.54) is 12.1 Å². The maximum absolute atomic E-state index is 13.4. The Morgan fingerprint density at radius 1 is 0.931 bits per heavy atom. The van der Waals surface area contributed by atoms with Crippen molar-refractivity contribution in [2.75, 3.05) is 23.8 Å². The Bertz CT molecular complexity index is 1090. The van der Waals surface area contributed by atoms with Gasteiger partial charge in [0.15, 0.2) is 23.1 Å². The van der Waals surface area contributed by atoms with Gasteiger partial charge in [-0.25, -0.2) is 18.7 Å². The van der Waals surface area contributed by atoms with Crippen molar-refractivity contribution in [2.24, 2.45) is 0 Å². The number of carbonyl (C=O) groups is 1. The summed E-state index contributed by atoms with van der Waals surface area (Å²) in [4.78, 5) is 20.9. The minimum absolute atomic E-state index is 0.109. The number of aromatic nitrogens is 2. The maximum atomic E-state index is 13.4. The smallest absolute Gasteiger partial charge is 0.274 e. The van der Waals surface area contributed by atoms with Gasteiger partial charge in [-0.3, -0.25) is 4.79 Å². The molecule has 0 aliphatic carbocycles. The van der Waals surface area contributed by atoms with Crippen LogP contribution in [0, 0.1) is 18.6 Å². The second-order valence-electron chi connectivity index (χ2n) is 6.25. The van der Waals surface area contributed by atoms with Crippen molar-refractivity contribution < 1.29 is 23.0 Å². The van der Waals surface area contributed by atoms with Crippen LogP contribution in [0.4, 0.5) is 26.0 Å². The first-order chi connectivity index (χ1) is 14.0. The molecule has 1 aromatic heterocycles. The Morgan fingerprint density at radius 3 is 2.48 bits per heavy atom. The second kappa shape index (κ2) is 7.70. The fourth-order valence-electron chi connectivity index (χ4n) is 2.79. The number of carbonyl (C=O) groups excluding carboxylic acids is 1. The van der Waals surface area contributed by atoms with Gasteiger partial charge in [0, 0.05) is 29.6 Å². The summed E-state index contributed by atoms with van der Waals surface area (Å²) in [6, 6.07) is 9.86. The molecular weight excluding hydrogens is 382 g/mol. The Hall–Kier alpha value is -3.75. The number of ether oxygens (including phenoxy) is 2. The summed E-state index contributed by atoms with van der Waals surface area (Å²) in [5.74, 6) is -0.619. The molecule has 4 rings (SSSR count). The first-order valence-corrected chi connectivity index (χ1v) is 8.77. The topological polar surface area (TPSA) is 85.4 Å². The Labute approximate surface area is 164 Å². The third-order valence-electron chi connectivity index (χ3n) is 4.06. The van der Waals surface area contributed by atoms with Crippen molar-refractivity contribution >= 4 is 23.1 Å². The van der Waals surface area contributed by atoms with Gasteiger partial charge in [0.25, 0.3) is 5.91 Å². The van der Waals surface area contributed by atoms with Gasteiger partial charge in [0.05, 0.1) is 0 Å². The molecular formula is C20H16F2N4O3. The summed E-state index contributed by atoms with van der Waals surface area (Å²) in [6.45, 7) is 2.54. The molecule has 29 heavy (non-hydrogen) atoms. The minimum Gasteiger partial charge on any atom is -0.486 e. The van der Waals surface area contributed by atoms with Gasteiger partial charge in [-0.2, -0.15) is 0 Å². The average Bonchev–Trinajstić information content (AvgIpc) is 2.70. The first-order valence-electron chi connectivity index (χ1n) is 8.77. The van der Waals surface area contributed by atoms with Crippen LogP contribution in [0.2, 0.25) is 0 Å². The zero-order valence-corrected chi connectivity index (χ0v) is 15.3. The minimum atomic E-state index is -0.989. The second-order valence-corrected chi connectivity index (χ2v) is 6.25. The molecule has 0 spiro atoms. The number of anilines is 3. The molecule has 0 unspecified atom stereocenters. The fraction of sp³-hybridized carbons (Fsp3) is 0.150. The van der Waals surface area contributed by atoms with Crippen LogP contribution in [0.1, 0.15) is 16.3 Å². The molecule has 1 aliphatic rings. The number of fused-ring (bicyclic) bond motifs is 1. The molecule has 0 saturated carbocycles. The molecule has 7 nitrogen and oxygen atoms in total. The van der Waals surface area contributed by atoms with E-state index in [1.807, 2.05) is 0 Å². The van der Waals surface area contributed by atoms with Crippen LogP contribution in [-0.4, -0.2) is 29.1 Å². The third-order valence-corrected chi connectivity index (χ3v) is 4.06. The van der Waals surface area contributed by atoms with E-state index >= 15 is 0 Å². The molecule has 0 radical (unpaired) electrons. The Balaban J connectivity index is 1.53. The molecule has 9 heteroatoms. The standard InChI is InChI=1S/C20H16F2N4O3/c1-11-23-16(10-19(24-11)25-12-2-4-14(21)15(22)8-12)20(27)26-13-3-5-17-18(9-13)29-7-6-28-17/h2-5,8-10H,6-7H2,1H3,(H,26,27)(H,23,24,25). The number of hydrogen-bond donors (Lipinski definition) is 2. The van der Waals surface area contributed by atoms with E-state index in [9.17, 15) is 13.6 Å². The number of benzene rings is 2. The zero-order chi connectivity index (χ0) is 20.4. The summed E-state index contributed by atoms with van der Waals surface area (Å²) >= 11 is 0. The highest BCUT2D eigenvalue weighted by atomic mass is 19.2. The summed E-state index contributed by atoms with van der Waals surface area (Å²) in [5.41, 5.74) is 0.920. The van der Waals surface area contributed by atoms with E-state index in [1.54, 1.807) is 25.1 Å². The molecule has 1 aliphatic heterocycles. The zero-order valence-electron chi connectivity index (χ0n) is 15.3. The number of halogens is 2. The Kier molecular flexibility index (Phi) is 4.94. The summed E-state index contributed by atoms with van der Waals surface area (Å²) in [7, 11) is 0. The molecule has 3 aromatic rings. The van der Waals surface area contributed by atoms with E-state index in [-0.39, 0.29) is 11.5 Å². The van der Waals surface area contributed by atoms with Crippen LogP contribution in [-0.2, 0) is 0 Å². The van der Waals surface area contributed by atoms with Crippen LogP contribution >= 0.6 is 0 Å². The molecule has 2 aromatic carbocycles. The normalized spacial score (nSPS) is 12.4. The van der Waals surface area contributed by atoms with Crippen LogP contribution in [0.15, 0.2) is 42.5 Å². The predicted molar refractivity (Wildman–Crippen MR) is 102 cm³/mol. The monoisotopic (exact) mass is 398 g/mol. The van der Waals surface area contributed by atoms with E-state index in [4.69, 9.17) is 9.47 Å². The Morgan fingerprint density at radius 2 is 1.69 bits per heavy atom. The summed E-state index contributed by atoms with van der Waals surface area (Å²) in [5, 5.41) is 5.58. The number of nitrogens with one attached hydrogen (secondary N) is 2. The van der Waals surface area contributed by atoms with Gasteiger partial charge in [-0.1, -0.05) is 0 Å². The lowest BCUT2D eigenvalue weighted by Crippen LogP contribution is -2.17. The van der Waals surface area contributed by atoms with Crippen molar-refractivity contribution in [3.05, 3.63) is 65.6 Å². The highest BCUT2D eigenvalue weighted by molar-refractivity contribution is 6.03. The van der Waals surface area contributed by atoms with Crippen molar-refractivity contribution in [3.63, 3.8) is 0 Å². The van der Waals surface area contributed by atoms with Crippen LogP contribution < -0.4 is 20.1 Å². The lowest BCUT2D eigenvalue weighted by Gasteiger charge is -2.19. The number of nitrogens with zero attached hydrogens (tertiary/aromatic N) is 2. The van der Waals surface area contributed by atoms with Gasteiger partial charge in [-0.05, 0) is 31.2 Å². The highest BCUT2D eigenvalue weighted by Gasteiger charge is 2.15. The quantitative estimate of drug-likeness (QED) is 0.695.